The molecule has 0 radical (unpaired) electrons. The molecule has 3 rings (SSSR count). The average Bonchev–Trinajstić information content (AvgIpc) is 3.13. The summed E-state index contributed by atoms with van der Waals surface area (Å²) in [5.74, 6) is 1.08. The van der Waals surface area contributed by atoms with E-state index in [1.807, 2.05) is 13.0 Å². The van der Waals surface area contributed by atoms with Crippen molar-refractivity contribution in [1.82, 2.24) is 30.9 Å². The standard InChI is InChI=1S/C16H17N7O2/c1-10-5-11(8-17)6-15(19-10)25-13-4-2-3-12(7-13)16(24)18-9-14-20-22-23-21-14/h2-7H,8-9,17H2,1H3,(H,18,24)(H,20,21,22,23). The maximum atomic E-state index is 12.2. The lowest BCUT2D eigenvalue weighted by molar-refractivity contribution is 0.0949. The molecule has 2 heterocycles. The van der Waals surface area contributed by atoms with Crippen molar-refractivity contribution in [1.29, 1.82) is 0 Å². The number of amides is 1. The minimum atomic E-state index is -0.268. The molecule has 0 unspecified atom stereocenters. The number of pyridine rings is 1. The average molecular weight is 339 g/mol. The van der Waals surface area contributed by atoms with E-state index >= 15 is 0 Å². The number of nitrogens with two attached hydrogens (primary N) is 1. The lowest BCUT2D eigenvalue weighted by Crippen LogP contribution is -2.23. The molecule has 2 aromatic heterocycles. The number of rotatable bonds is 6. The second kappa shape index (κ2) is 7.49. The summed E-state index contributed by atoms with van der Waals surface area (Å²) in [6.07, 6.45) is 0. The number of aromatic amines is 1. The Morgan fingerprint density at radius 1 is 1.32 bits per heavy atom. The van der Waals surface area contributed by atoms with Crippen LogP contribution in [0.3, 0.4) is 0 Å². The molecule has 0 saturated heterocycles. The molecule has 128 valence electrons. The first-order valence-corrected chi connectivity index (χ1v) is 7.60. The highest BCUT2D eigenvalue weighted by molar-refractivity contribution is 5.94. The van der Waals surface area contributed by atoms with Crippen molar-refractivity contribution < 1.29 is 9.53 Å². The van der Waals surface area contributed by atoms with Crippen LogP contribution in [0.1, 0.15) is 27.4 Å². The van der Waals surface area contributed by atoms with E-state index in [0.717, 1.165) is 11.3 Å². The van der Waals surface area contributed by atoms with Crippen LogP contribution in [0.2, 0.25) is 0 Å². The first kappa shape index (κ1) is 16.5. The summed E-state index contributed by atoms with van der Waals surface area (Å²) < 4.78 is 5.76. The highest BCUT2D eigenvalue weighted by Crippen LogP contribution is 2.22. The van der Waals surface area contributed by atoms with Gasteiger partial charge in [0.15, 0.2) is 5.82 Å². The molecule has 25 heavy (non-hydrogen) atoms. The van der Waals surface area contributed by atoms with Crippen LogP contribution in [-0.4, -0.2) is 31.5 Å². The third-order valence-electron chi connectivity index (χ3n) is 3.34. The quantitative estimate of drug-likeness (QED) is 0.612. The van der Waals surface area contributed by atoms with E-state index in [0.29, 0.717) is 29.6 Å². The number of carbonyl (C=O) groups excluding carboxylic acids is 1. The van der Waals surface area contributed by atoms with Gasteiger partial charge in [0.1, 0.15) is 5.75 Å². The minimum absolute atomic E-state index is 0.180. The van der Waals surface area contributed by atoms with Gasteiger partial charge < -0.3 is 15.8 Å². The fourth-order valence-corrected chi connectivity index (χ4v) is 2.22. The molecule has 0 saturated carbocycles. The summed E-state index contributed by atoms with van der Waals surface area (Å²) >= 11 is 0. The summed E-state index contributed by atoms with van der Waals surface area (Å²) in [7, 11) is 0. The van der Waals surface area contributed by atoms with Gasteiger partial charge in [-0.05, 0) is 36.8 Å². The second-order valence-corrected chi connectivity index (χ2v) is 5.30. The van der Waals surface area contributed by atoms with Crippen LogP contribution in [0.4, 0.5) is 0 Å². The number of ether oxygens (including phenoxy) is 1. The minimum Gasteiger partial charge on any atom is -0.439 e. The molecule has 1 aromatic carbocycles. The number of H-pyrrole nitrogens is 1. The number of hydrogen-bond donors (Lipinski definition) is 3. The zero-order chi connectivity index (χ0) is 17.6. The van der Waals surface area contributed by atoms with Crippen LogP contribution in [-0.2, 0) is 13.1 Å². The number of nitrogens with one attached hydrogen (secondary N) is 2. The Balaban J connectivity index is 1.70. The van der Waals surface area contributed by atoms with Gasteiger partial charge in [-0.15, -0.1) is 10.2 Å². The second-order valence-electron chi connectivity index (χ2n) is 5.30. The van der Waals surface area contributed by atoms with Gasteiger partial charge in [0.05, 0.1) is 6.54 Å². The van der Waals surface area contributed by atoms with Crippen molar-refractivity contribution in [2.45, 2.75) is 20.0 Å². The van der Waals surface area contributed by atoms with Gasteiger partial charge in [0.2, 0.25) is 5.88 Å². The first-order chi connectivity index (χ1) is 12.1. The fourth-order valence-electron chi connectivity index (χ4n) is 2.22. The van der Waals surface area contributed by atoms with Gasteiger partial charge in [-0.25, -0.2) is 4.98 Å². The van der Waals surface area contributed by atoms with Crippen molar-refractivity contribution in [2.75, 3.05) is 0 Å². The molecule has 1 amide bonds. The Bertz CT molecular complexity index is 865. The van der Waals surface area contributed by atoms with Crippen molar-refractivity contribution in [3.05, 3.63) is 59.0 Å². The fraction of sp³-hybridized carbons (Fsp3) is 0.188. The predicted octanol–water partition coefficient (Wildman–Crippen LogP) is 1.08. The van der Waals surface area contributed by atoms with Crippen LogP contribution in [0.25, 0.3) is 0 Å². The van der Waals surface area contributed by atoms with Crippen molar-refractivity contribution in [2.24, 2.45) is 5.73 Å². The van der Waals surface area contributed by atoms with Crippen LogP contribution < -0.4 is 15.8 Å². The van der Waals surface area contributed by atoms with Crippen LogP contribution in [0.5, 0.6) is 11.6 Å². The lowest BCUT2D eigenvalue weighted by Gasteiger charge is -2.09. The van der Waals surface area contributed by atoms with Crippen LogP contribution >= 0.6 is 0 Å². The third-order valence-corrected chi connectivity index (χ3v) is 3.34. The Labute approximate surface area is 143 Å². The van der Waals surface area contributed by atoms with Crippen LogP contribution in [0.15, 0.2) is 36.4 Å². The van der Waals surface area contributed by atoms with E-state index in [-0.39, 0.29) is 12.5 Å². The number of aromatic nitrogens is 5. The normalized spacial score (nSPS) is 10.5. The molecule has 9 heteroatoms. The van der Waals surface area contributed by atoms with E-state index in [1.165, 1.54) is 0 Å². The molecule has 0 atom stereocenters. The molecule has 9 nitrogen and oxygen atoms in total. The number of nitrogens with zero attached hydrogens (tertiary/aromatic N) is 4. The smallest absolute Gasteiger partial charge is 0.251 e. The monoisotopic (exact) mass is 339 g/mol. The molecule has 0 aliphatic carbocycles. The molecular formula is C16H17N7O2. The van der Waals surface area contributed by atoms with Gasteiger partial charge >= 0.3 is 0 Å². The summed E-state index contributed by atoms with van der Waals surface area (Å²) in [6, 6.07) is 10.5. The molecule has 0 aliphatic heterocycles. The molecule has 0 bridgehead atoms. The number of carbonyl (C=O) groups is 1. The number of tetrazole rings is 1. The Hall–Kier alpha value is -3.33. The van der Waals surface area contributed by atoms with Crippen molar-refractivity contribution in [3.8, 4) is 11.6 Å². The topological polar surface area (TPSA) is 132 Å². The largest absolute Gasteiger partial charge is 0.439 e. The molecule has 4 N–H and O–H groups in total. The zero-order valence-corrected chi connectivity index (χ0v) is 13.6. The molecule has 0 aliphatic rings. The molecule has 3 aromatic rings. The van der Waals surface area contributed by atoms with Gasteiger partial charge in [-0.3, -0.25) is 4.79 Å². The van der Waals surface area contributed by atoms with E-state index < -0.39 is 0 Å². The highest BCUT2D eigenvalue weighted by atomic mass is 16.5. The van der Waals surface area contributed by atoms with Crippen molar-refractivity contribution >= 4 is 5.91 Å². The van der Waals surface area contributed by atoms with E-state index in [1.54, 1.807) is 30.3 Å². The van der Waals surface area contributed by atoms with E-state index in [4.69, 9.17) is 10.5 Å². The maximum Gasteiger partial charge on any atom is 0.251 e. The Morgan fingerprint density at radius 3 is 2.96 bits per heavy atom. The maximum absolute atomic E-state index is 12.2. The highest BCUT2D eigenvalue weighted by Gasteiger charge is 2.09. The predicted molar refractivity (Wildman–Crippen MR) is 88.7 cm³/mol. The molecular weight excluding hydrogens is 322 g/mol. The lowest BCUT2D eigenvalue weighted by atomic mass is 10.2. The van der Waals surface area contributed by atoms with E-state index in [2.05, 4.69) is 30.9 Å². The zero-order valence-electron chi connectivity index (χ0n) is 13.6. The van der Waals surface area contributed by atoms with Gasteiger partial charge in [-0.2, -0.15) is 5.21 Å². The third kappa shape index (κ3) is 4.36. The molecule has 0 fully saturated rings. The van der Waals surface area contributed by atoms with Gasteiger partial charge in [-0.1, -0.05) is 11.3 Å². The summed E-state index contributed by atoms with van der Waals surface area (Å²) in [6.45, 7) is 2.45. The number of benzene rings is 1. The summed E-state index contributed by atoms with van der Waals surface area (Å²) in [4.78, 5) is 16.5. The molecule has 0 spiro atoms. The number of aryl methyl sites for hydroxylation is 1. The van der Waals surface area contributed by atoms with E-state index in [9.17, 15) is 4.79 Å². The number of hydrogen-bond acceptors (Lipinski definition) is 7. The van der Waals surface area contributed by atoms with Crippen LogP contribution in [0, 0.1) is 6.92 Å². The first-order valence-electron chi connectivity index (χ1n) is 7.60. The SMILES string of the molecule is Cc1cc(CN)cc(Oc2cccc(C(=O)NCc3nn[nH]n3)c2)n1. The Morgan fingerprint density at radius 2 is 2.20 bits per heavy atom. The van der Waals surface area contributed by atoms with Crippen molar-refractivity contribution in [3.63, 3.8) is 0 Å². The Kier molecular flexibility index (Phi) is 4.95. The van der Waals surface area contributed by atoms with Gasteiger partial charge in [0.25, 0.3) is 5.91 Å². The summed E-state index contributed by atoms with van der Waals surface area (Å²) in [5, 5.41) is 16.0. The summed E-state index contributed by atoms with van der Waals surface area (Å²) in [5.41, 5.74) is 7.86. The van der Waals surface area contributed by atoms with Gasteiger partial charge in [0, 0.05) is 23.9 Å².